The molecule has 0 unspecified atom stereocenters. The molecule has 1 aromatic carbocycles. The summed E-state index contributed by atoms with van der Waals surface area (Å²) in [5.41, 5.74) is 1.20. The van der Waals surface area contributed by atoms with Gasteiger partial charge in [-0.3, -0.25) is 4.90 Å². The molecule has 0 spiro atoms. The van der Waals surface area contributed by atoms with Gasteiger partial charge in [-0.25, -0.2) is 9.59 Å². The van der Waals surface area contributed by atoms with Gasteiger partial charge in [-0.15, -0.1) is 0 Å². The van der Waals surface area contributed by atoms with Crippen LogP contribution >= 0.6 is 12.6 Å². The Bertz CT molecular complexity index is 585. The monoisotopic (exact) mass is 353 g/mol. The molecule has 0 aromatic heterocycles. The number of carboxylic acids is 1. The minimum absolute atomic E-state index is 0.135. The second-order valence-corrected chi connectivity index (χ2v) is 8.64. The molecule has 1 N–H and O–H groups in total. The molecular formula is C18H27NO4S. The molecule has 6 heteroatoms. The minimum atomic E-state index is -1.13. The summed E-state index contributed by atoms with van der Waals surface area (Å²) in [6.07, 6.45) is -0.669. The molecule has 1 atom stereocenters. The largest absolute Gasteiger partial charge is 0.480 e. The Morgan fingerprint density at radius 3 is 2.04 bits per heavy atom. The molecule has 1 rings (SSSR count). The maximum atomic E-state index is 12.6. The Kier molecular flexibility index (Phi) is 6.33. The molecule has 1 amide bonds. The van der Waals surface area contributed by atoms with Crippen molar-refractivity contribution in [2.24, 2.45) is 0 Å². The molecule has 24 heavy (non-hydrogen) atoms. The summed E-state index contributed by atoms with van der Waals surface area (Å²) in [5.74, 6) is -1.12. The highest BCUT2D eigenvalue weighted by atomic mass is 32.1. The fraction of sp³-hybridized carbons (Fsp3) is 0.556. The number of hydrogen-bond donors (Lipinski definition) is 2. The zero-order chi connectivity index (χ0) is 18.7. The van der Waals surface area contributed by atoms with E-state index in [0.29, 0.717) is 0 Å². The van der Waals surface area contributed by atoms with Gasteiger partial charge in [0.15, 0.2) is 0 Å². The predicted octanol–water partition coefficient (Wildman–Crippen LogP) is 3.89. The van der Waals surface area contributed by atoms with Crippen LogP contribution in [0.5, 0.6) is 0 Å². The number of thiol groups is 1. The van der Waals surface area contributed by atoms with Crippen molar-refractivity contribution in [3.63, 3.8) is 0 Å². The van der Waals surface area contributed by atoms with Crippen molar-refractivity contribution in [2.75, 3.05) is 0 Å². The van der Waals surface area contributed by atoms with Gasteiger partial charge in [0, 0.05) is 11.3 Å². The van der Waals surface area contributed by atoms with Crippen molar-refractivity contribution < 1.29 is 19.4 Å². The first-order chi connectivity index (χ1) is 10.8. The predicted molar refractivity (Wildman–Crippen MR) is 97.4 cm³/mol. The van der Waals surface area contributed by atoms with Gasteiger partial charge in [-0.1, -0.05) is 29.8 Å². The van der Waals surface area contributed by atoms with E-state index in [1.165, 1.54) is 4.90 Å². The normalized spacial score (nSPS) is 13.3. The van der Waals surface area contributed by atoms with Gasteiger partial charge in [0.1, 0.15) is 11.6 Å². The summed E-state index contributed by atoms with van der Waals surface area (Å²) in [6.45, 7) is 10.7. The lowest BCUT2D eigenvalue weighted by Crippen LogP contribution is -2.54. The van der Waals surface area contributed by atoms with Crippen LogP contribution in [0, 0.1) is 6.92 Å². The standard InChI is InChI=1S/C18H27NO4S/c1-12-7-9-13(10-8-12)11-19(16(22)23-17(2,3)4)14(15(20)21)18(5,6)24/h7-10,14,24H,11H2,1-6H3,(H,20,21)/t14-/m1/s1. The van der Waals surface area contributed by atoms with E-state index in [4.69, 9.17) is 4.74 Å². The maximum Gasteiger partial charge on any atom is 0.411 e. The summed E-state index contributed by atoms with van der Waals surface area (Å²) >= 11 is 4.39. The highest BCUT2D eigenvalue weighted by molar-refractivity contribution is 7.81. The quantitative estimate of drug-likeness (QED) is 0.788. The highest BCUT2D eigenvalue weighted by Crippen LogP contribution is 2.26. The van der Waals surface area contributed by atoms with Crippen LogP contribution in [0.1, 0.15) is 45.7 Å². The number of nitrogens with zero attached hydrogens (tertiary/aromatic N) is 1. The van der Waals surface area contributed by atoms with Crippen molar-refractivity contribution >= 4 is 24.7 Å². The number of ether oxygens (including phenoxy) is 1. The number of aryl methyl sites for hydroxylation is 1. The van der Waals surface area contributed by atoms with Crippen LogP contribution < -0.4 is 0 Å². The van der Waals surface area contributed by atoms with Crippen LogP contribution in [0.15, 0.2) is 24.3 Å². The fourth-order valence-corrected chi connectivity index (χ4v) is 2.54. The summed E-state index contributed by atoms with van der Waals surface area (Å²) in [4.78, 5) is 25.7. The molecule has 0 saturated heterocycles. The third-order valence-corrected chi connectivity index (χ3v) is 3.56. The van der Waals surface area contributed by atoms with Gasteiger partial charge < -0.3 is 9.84 Å². The van der Waals surface area contributed by atoms with Crippen LogP contribution in [0.4, 0.5) is 4.79 Å². The Balaban J connectivity index is 3.21. The minimum Gasteiger partial charge on any atom is -0.480 e. The number of hydrogen-bond acceptors (Lipinski definition) is 4. The smallest absolute Gasteiger partial charge is 0.411 e. The van der Waals surface area contributed by atoms with Crippen LogP contribution in [0.25, 0.3) is 0 Å². The van der Waals surface area contributed by atoms with Gasteiger partial charge in [0.25, 0.3) is 0 Å². The molecule has 0 aliphatic carbocycles. The molecule has 0 heterocycles. The molecule has 5 nitrogen and oxygen atoms in total. The molecule has 0 bridgehead atoms. The van der Waals surface area contributed by atoms with Crippen molar-refractivity contribution in [1.82, 2.24) is 4.90 Å². The number of aliphatic carboxylic acids is 1. The summed E-state index contributed by atoms with van der Waals surface area (Å²) in [7, 11) is 0. The van der Waals surface area contributed by atoms with E-state index in [1.54, 1.807) is 34.6 Å². The number of carbonyl (C=O) groups is 2. The summed E-state index contributed by atoms with van der Waals surface area (Å²) in [5, 5.41) is 9.65. The van der Waals surface area contributed by atoms with Gasteiger partial charge in [0.05, 0.1) is 0 Å². The van der Waals surface area contributed by atoms with Crippen molar-refractivity contribution in [3.05, 3.63) is 35.4 Å². The van der Waals surface area contributed by atoms with Crippen LogP contribution in [-0.4, -0.2) is 38.5 Å². The van der Waals surface area contributed by atoms with Crippen molar-refractivity contribution in [3.8, 4) is 0 Å². The van der Waals surface area contributed by atoms with E-state index in [2.05, 4.69) is 12.6 Å². The summed E-state index contributed by atoms with van der Waals surface area (Å²) < 4.78 is 4.47. The molecule has 0 saturated carbocycles. The Hall–Kier alpha value is -1.69. The lowest BCUT2D eigenvalue weighted by Gasteiger charge is -2.37. The second-order valence-electron chi connectivity index (χ2n) is 7.49. The van der Waals surface area contributed by atoms with E-state index in [9.17, 15) is 14.7 Å². The van der Waals surface area contributed by atoms with Crippen LogP contribution in [0.2, 0.25) is 0 Å². The first kappa shape index (κ1) is 20.4. The molecule has 0 aliphatic rings. The third kappa shape index (κ3) is 6.07. The highest BCUT2D eigenvalue weighted by Gasteiger charge is 2.41. The van der Waals surface area contributed by atoms with Crippen LogP contribution in [-0.2, 0) is 16.1 Å². The van der Waals surface area contributed by atoms with Gasteiger partial charge in [0.2, 0.25) is 0 Å². The van der Waals surface area contributed by atoms with Crippen molar-refractivity contribution in [1.29, 1.82) is 0 Å². The molecule has 134 valence electrons. The van der Waals surface area contributed by atoms with Gasteiger partial charge in [-0.05, 0) is 47.1 Å². The second kappa shape index (κ2) is 7.47. The lowest BCUT2D eigenvalue weighted by molar-refractivity contribution is -0.144. The Labute approximate surface area is 149 Å². The zero-order valence-electron chi connectivity index (χ0n) is 15.2. The number of amides is 1. The van der Waals surface area contributed by atoms with Gasteiger partial charge >= 0.3 is 12.1 Å². The number of rotatable bonds is 5. The molecular weight excluding hydrogens is 326 g/mol. The van der Waals surface area contributed by atoms with Crippen LogP contribution in [0.3, 0.4) is 0 Å². The molecule has 0 fully saturated rings. The molecule has 1 aromatic rings. The van der Waals surface area contributed by atoms with E-state index in [-0.39, 0.29) is 6.54 Å². The summed E-state index contributed by atoms with van der Waals surface area (Å²) in [6, 6.07) is 6.46. The lowest BCUT2D eigenvalue weighted by atomic mass is 10.0. The number of carbonyl (C=O) groups excluding carboxylic acids is 1. The van der Waals surface area contributed by atoms with E-state index < -0.39 is 28.5 Å². The number of benzene rings is 1. The topological polar surface area (TPSA) is 66.8 Å². The van der Waals surface area contributed by atoms with E-state index in [1.807, 2.05) is 31.2 Å². The average Bonchev–Trinajstić information content (AvgIpc) is 2.36. The number of carboxylic acid groups (broad SMARTS) is 1. The SMILES string of the molecule is Cc1ccc(CN(C(=O)OC(C)(C)C)[C@H](C(=O)O)C(C)(C)S)cc1. The Morgan fingerprint density at radius 1 is 1.17 bits per heavy atom. The van der Waals surface area contributed by atoms with E-state index >= 15 is 0 Å². The fourth-order valence-electron chi connectivity index (χ4n) is 2.29. The zero-order valence-corrected chi connectivity index (χ0v) is 16.1. The first-order valence-electron chi connectivity index (χ1n) is 7.81. The van der Waals surface area contributed by atoms with Crippen molar-refractivity contribution in [2.45, 2.75) is 64.5 Å². The first-order valence-corrected chi connectivity index (χ1v) is 8.26. The average molecular weight is 353 g/mol. The Morgan fingerprint density at radius 2 is 1.67 bits per heavy atom. The molecule has 0 radical (unpaired) electrons. The van der Waals surface area contributed by atoms with Gasteiger partial charge in [-0.2, -0.15) is 12.6 Å². The molecule has 0 aliphatic heterocycles. The van der Waals surface area contributed by atoms with E-state index in [0.717, 1.165) is 11.1 Å². The maximum absolute atomic E-state index is 12.6. The third-order valence-electron chi connectivity index (χ3n) is 3.32.